The predicted octanol–water partition coefficient (Wildman–Crippen LogP) is 2.69. The SMILES string of the molecule is O=C1[C@@H]2C[C@H]3C(=CS(=O)(=O)c4ccccc4)[C@H]4C[C@@H]1[C@H]1[C@@H]4[C@@H]3[C@@H]12. The Morgan fingerprint density at radius 3 is 1.91 bits per heavy atom. The van der Waals surface area contributed by atoms with E-state index in [0.29, 0.717) is 46.2 Å². The average molecular weight is 326 g/mol. The molecule has 8 atom stereocenters. The van der Waals surface area contributed by atoms with Crippen LogP contribution in [0.15, 0.2) is 46.2 Å². The monoisotopic (exact) mass is 326 g/mol. The van der Waals surface area contributed by atoms with Crippen LogP contribution in [0, 0.1) is 47.3 Å². The first-order valence-corrected chi connectivity index (χ1v) is 10.2. The molecule has 3 nitrogen and oxygen atoms in total. The Morgan fingerprint density at radius 2 is 1.35 bits per heavy atom. The zero-order valence-corrected chi connectivity index (χ0v) is 13.4. The van der Waals surface area contributed by atoms with E-state index in [0.717, 1.165) is 18.4 Å². The Kier molecular flexibility index (Phi) is 2.14. The Hall–Kier alpha value is -1.42. The molecule has 5 aliphatic rings. The second-order valence-corrected chi connectivity index (χ2v) is 9.88. The summed E-state index contributed by atoms with van der Waals surface area (Å²) in [6.07, 6.45) is 1.84. The fourth-order valence-electron chi connectivity index (χ4n) is 7.11. The molecule has 0 radical (unpaired) electrons. The van der Waals surface area contributed by atoms with Crippen LogP contribution in [0.25, 0.3) is 0 Å². The van der Waals surface area contributed by atoms with E-state index in [1.54, 1.807) is 29.7 Å². The minimum absolute atomic E-state index is 0.250. The van der Waals surface area contributed by atoms with E-state index in [2.05, 4.69) is 0 Å². The maximum atomic E-state index is 12.8. The fourth-order valence-corrected chi connectivity index (χ4v) is 8.49. The number of benzene rings is 1. The minimum Gasteiger partial charge on any atom is -0.299 e. The summed E-state index contributed by atoms with van der Waals surface area (Å²) in [6, 6.07) is 8.73. The number of carbonyl (C=O) groups excluding carboxylic acids is 1. The molecule has 4 heteroatoms. The van der Waals surface area contributed by atoms with E-state index >= 15 is 0 Å². The quantitative estimate of drug-likeness (QED) is 0.839. The molecule has 0 aromatic heterocycles. The first kappa shape index (κ1) is 12.9. The smallest absolute Gasteiger partial charge is 0.199 e. The molecule has 1 aromatic carbocycles. The van der Waals surface area contributed by atoms with Crippen molar-refractivity contribution >= 4 is 15.6 Å². The van der Waals surface area contributed by atoms with Crippen LogP contribution in [0.1, 0.15) is 12.8 Å². The van der Waals surface area contributed by atoms with Crippen molar-refractivity contribution in [3.63, 3.8) is 0 Å². The van der Waals surface area contributed by atoms with E-state index in [4.69, 9.17) is 0 Å². The van der Waals surface area contributed by atoms with Crippen molar-refractivity contribution in [1.82, 2.24) is 0 Å². The molecule has 23 heavy (non-hydrogen) atoms. The average Bonchev–Trinajstić information content (AvgIpc) is 3.14. The van der Waals surface area contributed by atoms with Gasteiger partial charge in [0.2, 0.25) is 0 Å². The van der Waals surface area contributed by atoms with E-state index in [1.807, 2.05) is 6.07 Å². The van der Waals surface area contributed by atoms with Gasteiger partial charge < -0.3 is 0 Å². The van der Waals surface area contributed by atoms with Gasteiger partial charge in [0, 0.05) is 17.2 Å². The molecule has 0 bridgehead atoms. The van der Waals surface area contributed by atoms with Crippen LogP contribution >= 0.6 is 0 Å². The molecule has 5 fully saturated rings. The molecule has 0 amide bonds. The van der Waals surface area contributed by atoms with Crippen molar-refractivity contribution in [3.8, 4) is 0 Å². The predicted molar refractivity (Wildman–Crippen MR) is 83.9 cm³/mol. The molecule has 0 saturated heterocycles. The van der Waals surface area contributed by atoms with Gasteiger partial charge in [0.1, 0.15) is 5.78 Å². The van der Waals surface area contributed by atoms with Crippen LogP contribution in [0.5, 0.6) is 0 Å². The van der Waals surface area contributed by atoms with Crippen LogP contribution in [-0.2, 0) is 14.6 Å². The number of carbonyl (C=O) groups is 1. The number of rotatable bonds is 2. The van der Waals surface area contributed by atoms with Crippen molar-refractivity contribution in [2.24, 2.45) is 47.3 Å². The molecular formula is C19H18O3S. The minimum atomic E-state index is -3.37. The van der Waals surface area contributed by atoms with Crippen molar-refractivity contribution in [2.75, 3.05) is 0 Å². The van der Waals surface area contributed by atoms with Gasteiger partial charge in [-0.05, 0) is 60.5 Å². The van der Waals surface area contributed by atoms with Gasteiger partial charge in [-0.25, -0.2) is 8.42 Å². The molecule has 0 unspecified atom stereocenters. The van der Waals surface area contributed by atoms with Crippen molar-refractivity contribution < 1.29 is 13.2 Å². The first-order chi connectivity index (χ1) is 11.1. The highest BCUT2D eigenvalue weighted by atomic mass is 32.2. The van der Waals surface area contributed by atoms with Crippen molar-refractivity contribution in [3.05, 3.63) is 41.3 Å². The number of allylic oxidation sites excluding steroid dienone is 1. The third kappa shape index (κ3) is 1.31. The van der Waals surface area contributed by atoms with Gasteiger partial charge in [0.05, 0.1) is 4.90 Å². The number of hydrogen-bond acceptors (Lipinski definition) is 3. The summed E-state index contributed by atoms with van der Waals surface area (Å²) < 4.78 is 25.6. The molecule has 5 saturated carbocycles. The van der Waals surface area contributed by atoms with E-state index < -0.39 is 9.84 Å². The zero-order valence-electron chi connectivity index (χ0n) is 12.6. The first-order valence-electron chi connectivity index (χ1n) is 8.63. The lowest BCUT2D eigenvalue weighted by Gasteiger charge is -2.43. The zero-order chi connectivity index (χ0) is 15.5. The van der Waals surface area contributed by atoms with Gasteiger partial charge in [0.15, 0.2) is 9.84 Å². The molecule has 0 aliphatic heterocycles. The van der Waals surface area contributed by atoms with Gasteiger partial charge >= 0.3 is 0 Å². The second-order valence-electron chi connectivity index (χ2n) is 8.09. The molecule has 0 heterocycles. The summed E-state index contributed by atoms with van der Waals surface area (Å²) in [5.41, 5.74) is 1.16. The van der Waals surface area contributed by atoms with Crippen LogP contribution in [0.4, 0.5) is 0 Å². The fraction of sp³-hybridized carbons (Fsp3) is 0.526. The Morgan fingerprint density at radius 1 is 0.826 bits per heavy atom. The summed E-state index contributed by atoms with van der Waals surface area (Å²) in [5, 5.41) is 1.59. The summed E-state index contributed by atoms with van der Waals surface area (Å²) in [4.78, 5) is 12.9. The third-order valence-corrected chi connectivity index (χ3v) is 9.11. The van der Waals surface area contributed by atoms with Crippen molar-refractivity contribution in [1.29, 1.82) is 0 Å². The Bertz CT molecular complexity index is 835. The van der Waals surface area contributed by atoms with E-state index in [9.17, 15) is 13.2 Å². The molecule has 0 N–H and O–H groups in total. The van der Waals surface area contributed by atoms with Crippen LogP contribution in [0.3, 0.4) is 0 Å². The van der Waals surface area contributed by atoms with Crippen LogP contribution in [-0.4, -0.2) is 14.2 Å². The summed E-state index contributed by atoms with van der Waals surface area (Å²) in [5.74, 6) is 4.16. The molecule has 6 rings (SSSR count). The number of hydrogen-bond donors (Lipinski definition) is 0. The standard InChI is InChI=1S/C19H18O3S/c20-19-12-6-10-14(8-23(21,22)9-4-2-1-3-5-9)11-7-13(19)18-16(11)15(10)17(12)18/h1-5,8,10-13,15-18H,6-7H2/t10-,11+,12-,13-,15+,16-,17+,18+/m1/s1. The molecule has 118 valence electrons. The maximum absolute atomic E-state index is 12.8. The summed E-state index contributed by atoms with van der Waals surface area (Å²) in [6.45, 7) is 0. The second kappa shape index (κ2) is 3.80. The maximum Gasteiger partial charge on any atom is 0.199 e. The van der Waals surface area contributed by atoms with Gasteiger partial charge in [-0.15, -0.1) is 0 Å². The topological polar surface area (TPSA) is 51.2 Å². The third-order valence-electron chi connectivity index (χ3n) is 7.60. The van der Waals surface area contributed by atoms with Crippen LogP contribution in [0.2, 0.25) is 0 Å². The van der Waals surface area contributed by atoms with E-state index in [-0.39, 0.29) is 11.8 Å². The molecule has 0 spiro atoms. The lowest BCUT2D eigenvalue weighted by Crippen LogP contribution is -2.41. The lowest BCUT2D eigenvalue weighted by atomic mass is 9.60. The largest absolute Gasteiger partial charge is 0.299 e. The molecular weight excluding hydrogens is 308 g/mol. The highest BCUT2D eigenvalue weighted by molar-refractivity contribution is 7.94. The highest BCUT2D eigenvalue weighted by Gasteiger charge is 2.78. The Labute approximate surface area is 135 Å². The Balaban J connectivity index is 1.47. The summed E-state index contributed by atoms with van der Waals surface area (Å²) in [7, 11) is -3.37. The van der Waals surface area contributed by atoms with Gasteiger partial charge in [-0.3, -0.25) is 4.79 Å². The van der Waals surface area contributed by atoms with Gasteiger partial charge in [0.25, 0.3) is 0 Å². The highest BCUT2D eigenvalue weighted by Crippen LogP contribution is 2.80. The number of ketones is 1. The number of Topliss-reactive ketones (excluding diaryl/α,β-unsaturated/α-hetero) is 1. The van der Waals surface area contributed by atoms with E-state index in [1.165, 1.54) is 0 Å². The van der Waals surface area contributed by atoms with Gasteiger partial charge in [-0.1, -0.05) is 23.8 Å². The normalized spacial score (nSPS) is 49.9. The van der Waals surface area contributed by atoms with Gasteiger partial charge in [-0.2, -0.15) is 0 Å². The molecule has 1 aromatic rings. The summed E-state index contributed by atoms with van der Waals surface area (Å²) >= 11 is 0. The molecule has 5 aliphatic carbocycles. The van der Waals surface area contributed by atoms with Crippen molar-refractivity contribution in [2.45, 2.75) is 17.7 Å². The van der Waals surface area contributed by atoms with Crippen LogP contribution < -0.4 is 0 Å². The lowest BCUT2D eigenvalue weighted by molar-refractivity contribution is -0.124. The number of sulfone groups is 1.